The number of nitrogens with zero attached hydrogens (tertiary/aromatic N) is 2. The summed E-state index contributed by atoms with van der Waals surface area (Å²) >= 11 is 5.53. The molecule has 0 aromatic rings. The normalized spacial score (nSPS) is 11.6. The van der Waals surface area contributed by atoms with Crippen molar-refractivity contribution in [1.29, 1.82) is 0 Å². The summed E-state index contributed by atoms with van der Waals surface area (Å²) in [6, 6.07) is 0. The Hall–Kier alpha value is 0.170. The van der Waals surface area contributed by atoms with E-state index in [4.69, 9.17) is 16.3 Å². The van der Waals surface area contributed by atoms with Gasteiger partial charge in [0.2, 0.25) is 0 Å². The van der Waals surface area contributed by atoms with E-state index < -0.39 is 0 Å². The molecule has 0 radical (unpaired) electrons. The van der Waals surface area contributed by atoms with Crippen LogP contribution >= 0.6 is 11.6 Å². The number of ether oxygens (including phenoxy) is 1. The fraction of sp³-hybridized carbons (Fsp3) is 1.00. The highest BCUT2D eigenvalue weighted by molar-refractivity contribution is 6.17. The van der Waals surface area contributed by atoms with Crippen LogP contribution in [0.2, 0.25) is 0 Å². The van der Waals surface area contributed by atoms with Gasteiger partial charge in [0, 0.05) is 12.4 Å². The maximum Gasteiger partial charge on any atom is 0.0602 e. The van der Waals surface area contributed by atoms with Gasteiger partial charge in [-0.15, -0.1) is 11.6 Å². The number of halogens is 1. The summed E-state index contributed by atoms with van der Waals surface area (Å²) in [6.45, 7) is 8.06. The van der Waals surface area contributed by atoms with Crippen LogP contribution in [-0.2, 0) is 4.74 Å². The average molecular weight is 237 g/mol. The highest BCUT2D eigenvalue weighted by Crippen LogP contribution is 1.93. The molecular formula is C11H25ClN2O. The molecule has 0 heterocycles. The van der Waals surface area contributed by atoms with Gasteiger partial charge in [-0.2, -0.15) is 0 Å². The fourth-order valence-electron chi connectivity index (χ4n) is 1.39. The first kappa shape index (κ1) is 15.2. The van der Waals surface area contributed by atoms with Crippen LogP contribution in [0.3, 0.4) is 0 Å². The Balaban J connectivity index is 3.38. The highest BCUT2D eigenvalue weighted by atomic mass is 35.5. The Morgan fingerprint density at radius 3 is 2.33 bits per heavy atom. The highest BCUT2D eigenvalue weighted by Gasteiger charge is 2.01. The van der Waals surface area contributed by atoms with E-state index in [0.717, 1.165) is 32.8 Å². The van der Waals surface area contributed by atoms with Crippen molar-refractivity contribution >= 4 is 11.6 Å². The lowest BCUT2D eigenvalue weighted by atomic mass is 10.3. The fourth-order valence-corrected chi connectivity index (χ4v) is 1.50. The van der Waals surface area contributed by atoms with Gasteiger partial charge in [0.25, 0.3) is 0 Å². The van der Waals surface area contributed by atoms with Crippen LogP contribution in [0, 0.1) is 0 Å². The first-order valence-corrected chi connectivity index (χ1v) is 6.25. The van der Waals surface area contributed by atoms with Crippen LogP contribution < -0.4 is 0 Å². The lowest BCUT2D eigenvalue weighted by molar-refractivity contribution is 0.115. The molecular weight excluding hydrogens is 212 g/mol. The van der Waals surface area contributed by atoms with Gasteiger partial charge in [-0.25, -0.2) is 0 Å². The summed E-state index contributed by atoms with van der Waals surface area (Å²) in [5.41, 5.74) is 0. The molecule has 0 amide bonds. The third-order valence-electron chi connectivity index (χ3n) is 2.30. The van der Waals surface area contributed by atoms with Crippen LogP contribution in [0.25, 0.3) is 0 Å². The Labute approximate surface area is 99.3 Å². The van der Waals surface area contributed by atoms with E-state index in [1.807, 2.05) is 0 Å². The van der Waals surface area contributed by atoms with E-state index >= 15 is 0 Å². The quantitative estimate of drug-likeness (QED) is 0.423. The van der Waals surface area contributed by atoms with Crippen molar-refractivity contribution in [2.75, 3.05) is 59.4 Å². The van der Waals surface area contributed by atoms with Gasteiger partial charge in [0.1, 0.15) is 0 Å². The summed E-state index contributed by atoms with van der Waals surface area (Å²) in [4.78, 5) is 4.63. The smallest absolute Gasteiger partial charge is 0.0602 e. The van der Waals surface area contributed by atoms with E-state index in [1.54, 1.807) is 0 Å². The zero-order valence-electron chi connectivity index (χ0n) is 10.3. The van der Waals surface area contributed by atoms with Gasteiger partial charge >= 0.3 is 0 Å². The van der Waals surface area contributed by atoms with Crippen molar-refractivity contribution in [2.45, 2.75) is 13.3 Å². The topological polar surface area (TPSA) is 15.7 Å². The zero-order chi connectivity index (χ0) is 11.5. The van der Waals surface area contributed by atoms with Crippen molar-refractivity contribution in [2.24, 2.45) is 0 Å². The molecule has 0 aliphatic heterocycles. The number of hydrogen-bond donors (Lipinski definition) is 0. The SMILES string of the molecule is CCN(CCCN(C)C)CCOCCCl. The first-order chi connectivity index (χ1) is 7.20. The Kier molecular flexibility index (Phi) is 10.8. The van der Waals surface area contributed by atoms with E-state index in [2.05, 4.69) is 30.8 Å². The van der Waals surface area contributed by atoms with Crippen LogP contribution in [-0.4, -0.2) is 69.2 Å². The van der Waals surface area contributed by atoms with Crippen LogP contribution in [0.15, 0.2) is 0 Å². The van der Waals surface area contributed by atoms with E-state index in [1.165, 1.54) is 6.42 Å². The van der Waals surface area contributed by atoms with Gasteiger partial charge in [0.15, 0.2) is 0 Å². The standard InChI is InChI=1S/C11H25ClN2O/c1-4-14(8-5-7-13(2)3)9-11-15-10-6-12/h4-11H2,1-3H3. The summed E-state index contributed by atoms with van der Waals surface area (Å²) in [5.74, 6) is 0.590. The molecule has 3 nitrogen and oxygen atoms in total. The summed E-state index contributed by atoms with van der Waals surface area (Å²) in [6.07, 6.45) is 1.22. The number of alkyl halides is 1. The monoisotopic (exact) mass is 236 g/mol. The predicted octanol–water partition coefficient (Wildman–Crippen LogP) is 1.52. The van der Waals surface area contributed by atoms with Gasteiger partial charge in [-0.3, -0.25) is 0 Å². The maximum atomic E-state index is 5.53. The molecule has 0 saturated heterocycles. The van der Waals surface area contributed by atoms with Crippen molar-refractivity contribution < 1.29 is 4.74 Å². The molecule has 0 rings (SSSR count). The van der Waals surface area contributed by atoms with Crippen molar-refractivity contribution in [3.05, 3.63) is 0 Å². The predicted molar refractivity (Wildman–Crippen MR) is 66.8 cm³/mol. The Morgan fingerprint density at radius 2 is 1.80 bits per heavy atom. The molecule has 0 atom stereocenters. The lowest BCUT2D eigenvalue weighted by Gasteiger charge is -2.21. The van der Waals surface area contributed by atoms with E-state index in [9.17, 15) is 0 Å². The third-order valence-corrected chi connectivity index (χ3v) is 2.45. The summed E-state index contributed by atoms with van der Waals surface area (Å²) < 4.78 is 5.36. The molecule has 0 spiro atoms. The number of hydrogen-bond acceptors (Lipinski definition) is 3. The molecule has 0 aromatic carbocycles. The molecule has 15 heavy (non-hydrogen) atoms. The van der Waals surface area contributed by atoms with Gasteiger partial charge < -0.3 is 14.5 Å². The van der Waals surface area contributed by atoms with Gasteiger partial charge in [-0.05, 0) is 40.2 Å². The second-order valence-corrected chi connectivity index (χ2v) is 4.27. The lowest BCUT2D eigenvalue weighted by Crippen LogP contribution is -2.30. The maximum absolute atomic E-state index is 5.53. The van der Waals surface area contributed by atoms with Crippen molar-refractivity contribution in [1.82, 2.24) is 9.80 Å². The molecule has 0 aromatic heterocycles. The second kappa shape index (κ2) is 10.7. The Morgan fingerprint density at radius 1 is 1.07 bits per heavy atom. The molecule has 0 unspecified atom stereocenters. The zero-order valence-corrected chi connectivity index (χ0v) is 11.1. The molecule has 0 aliphatic rings. The largest absolute Gasteiger partial charge is 0.379 e. The van der Waals surface area contributed by atoms with E-state index in [0.29, 0.717) is 12.5 Å². The molecule has 0 aliphatic carbocycles. The summed E-state index contributed by atoms with van der Waals surface area (Å²) in [7, 11) is 4.22. The molecule has 4 heteroatoms. The minimum absolute atomic E-state index is 0.590. The number of likely N-dealkylation sites (N-methyl/N-ethyl adjacent to an activating group) is 1. The van der Waals surface area contributed by atoms with Crippen LogP contribution in [0.5, 0.6) is 0 Å². The average Bonchev–Trinajstić information content (AvgIpc) is 2.21. The second-order valence-electron chi connectivity index (χ2n) is 3.89. The first-order valence-electron chi connectivity index (χ1n) is 5.71. The number of rotatable bonds is 10. The van der Waals surface area contributed by atoms with Crippen LogP contribution in [0.1, 0.15) is 13.3 Å². The van der Waals surface area contributed by atoms with E-state index in [-0.39, 0.29) is 0 Å². The Bertz CT molecular complexity index is 134. The molecule has 0 saturated carbocycles. The minimum atomic E-state index is 0.590. The van der Waals surface area contributed by atoms with Gasteiger partial charge in [0.05, 0.1) is 13.2 Å². The summed E-state index contributed by atoms with van der Waals surface area (Å²) in [5, 5.41) is 0. The van der Waals surface area contributed by atoms with Crippen molar-refractivity contribution in [3.8, 4) is 0 Å². The molecule has 0 N–H and O–H groups in total. The molecule has 0 fully saturated rings. The van der Waals surface area contributed by atoms with Crippen molar-refractivity contribution in [3.63, 3.8) is 0 Å². The molecule has 92 valence electrons. The minimum Gasteiger partial charge on any atom is -0.379 e. The molecule has 0 bridgehead atoms. The third kappa shape index (κ3) is 10.5. The van der Waals surface area contributed by atoms with Gasteiger partial charge in [-0.1, -0.05) is 6.92 Å². The van der Waals surface area contributed by atoms with Crippen LogP contribution in [0.4, 0.5) is 0 Å².